The molecule has 0 N–H and O–H groups in total. The maximum atomic E-state index is 14.2. The van der Waals surface area contributed by atoms with E-state index < -0.39 is 33.9 Å². The highest BCUT2D eigenvalue weighted by atomic mass is 35.5. The maximum Gasteiger partial charge on any atom is 0.246 e. The number of halogens is 3. The van der Waals surface area contributed by atoms with E-state index in [0.717, 1.165) is 23.7 Å². The van der Waals surface area contributed by atoms with Gasteiger partial charge in [-0.1, -0.05) is 19.9 Å². The summed E-state index contributed by atoms with van der Waals surface area (Å²) in [6, 6.07) is 1.44. The van der Waals surface area contributed by atoms with Crippen molar-refractivity contribution in [2.75, 3.05) is 32.4 Å². The Balaban J connectivity index is 0.00000320. The van der Waals surface area contributed by atoms with Gasteiger partial charge in [-0.15, -0.1) is 12.4 Å². The van der Waals surface area contributed by atoms with Crippen LogP contribution in [0.3, 0.4) is 0 Å². The Morgan fingerprint density at radius 3 is 2.19 bits per heavy atom. The van der Waals surface area contributed by atoms with Crippen LogP contribution in [0.25, 0.3) is 0 Å². The summed E-state index contributed by atoms with van der Waals surface area (Å²) in [6.45, 7) is 6.24. The summed E-state index contributed by atoms with van der Waals surface area (Å²) in [4.78, 5) is 29.9. The minimum atomic E-state index is -3.71. The van der Waals surface area contributed by atoms with Crippen LogP contribution >= 0.6 is 12.4 Å². The van der Waals surface area contributed by atoms with Crippen molar-refractivity contribution in [2.24, 2.45) is 23.7 Å². The third kappa shape index (κ3) is 4.92. The Morgan fingerprint density at radius 1 is 1.11 bits per heavy atom. The summed E-state index contributed by atoms with van der Waals surface area (Å²) in [7, 11) is -3.71. The molecule has 0 spiro atoms. The molecule has 7 nitrogen and oxygen atoms in total. The number of nitrogens with zero attached hydrogens (tertiary/aromatic N) is 3. The molecular weight excluding hydrogens is 524 g/mol. The maximum absolute atomic E-state index is 14.2. The van der Waals surface area contributed by atoms with Crippen LogP contribution in [0.15, 0.2) is 24.3 Å². The van der Waals surface area contributed by atoms with Gasteiger partial charge in [0.1, 0.15) is 11.6 Å². The molecule has 204 valence electrons. The minimum Gasteiger partial charge on any atom is -0.333 e. The van der Waals surface area contributed by atoms with Gasteiger partial charge >= 0.3 is 0 Å². The molecule has 5 rings (SSSR count). The Bertz CT molecular complexity index is 1190. The quantitative estimate of drug-likeness (QED) is 0.520. The standard InChI is InChI=1S/C26H33F2N3O4S.ClH/c1-15(2)24-25-22(31(26(24)33)36(3,34)35)8-10-30(25)23(32)5-4-9-29-13-16-11-18-19(12-17(16)14-29)21(28)7-6-20(18)27;/h4-7,15-17,22,24-25H,8-14H2,1-3H3;1H/b5-4+;/t16-,17-,22+,24-,25+;/m1./s1. The third-order valence-corrected chi connectivity index (χ3v) is 9.64. The fourth-order valence-corrected chi connectivity index (χ4v) is 8.11. The molecule has 1 aliphatic carbocycles. The summed E-state index contributed by atoms with van der Waals surface area (Å²) in [5.41, 5.74) is 1.00. The van der Waals surface area contributed by atoms with E-state index in [1.807, 2.05) is 13.8 Å². The van der Waals surface area contributed by atoms with Crippen LogP contribution in [0.2, 0.25) is 0 Å². The van der Waals surface area contributed by atoms with E-state index in [4.69, 9.17) is 0 Å². The van der Waals surface area contributed by atoms with E-state index in [1.54, 1.807) is 11.0 Å². The van der Waals surface area contributed by atoms with Gasteiger partial charge in [-0.05, 0) is 60.3 Å². The van der Waals surface area contributed by atoms with Gasteiger partial charge in [-0.2, -0.15) is 0 Å². The highest BCUT2D eigenvalue weighted by Crippen LogP contribution is 2.41. The van der Waals surface area contributed by atoms with Crippen LogP contribution in [0.1, 0.15) is 31.4 Å². The van der Waals surface area contributed by atoms with E-state index in [9.17, 15) is 26.8 Å². The van der Waals surface area contributed by atoms with Crippen LogP contribution in [-0.2, 0) is 32.5 Å². The van der Waals surface area contributed by atoms with Crippen molar-refractivity contribution in [3.63, 3.8) is 0 Å². The fraction of sp³-hybridized carbons (Fsp3) is 0.615. The smallest absolute Gasteiger partial charge is 0.246 e. The second-order valence-electron chi connectivity index (χ2n) is 11.1. The van der Waals surface area contributed by atoms with E-state index in [0.29, 0.717) is 43.5 Å². The summed E-state index contributed by atoms with van der Waals surface area (Å²) < 4.78 is 54.1. The Labute approximate surface area is 223 Å². The van der Waals surface area contributed by atoms with Crippen LogP contribution in [0.4, 0.5) is 8.78 Å². The zero-order chi connectivity index (χ0) is 25.9. The van der Waals surface area contributed by atoms with Gasteiger partial charge in [0, 0.05) is 32.3 Å². The topological polar surface area (TPSA) is 78.0 Å². The van der Waals surface area contributed by atoms with Gasteiger partial charge in [0.05, 0.1) is 24.3 Å². The second-order valence-corrected chi connectivity index (χ2v) is 12.9. The number of benzene rings is 1. The molecule has 0 bridgehead atoms. The highest BCUT2D eigenvalue weighted by Gasteiger charge is 2.58. The molecule has 2 amide bonds. The Hall–Kier alpha value is -2.04. The molecular formula is C26H34ClF2N3O4S. The predicted molar refractivity (Wildman–Crippen MR) is 137 cm³/mol. The van der Waals surface area contributed by atoms with Crippen molar-refractivity contribution < 1.29 is 26.8 Å². The molecule has 0 radical (unpaired) electrons. The lowest BCUT2D eigenvalue weighted by atomic mass is 9.77. The monoisotopic (exact) mass is 557 g/mol. The lowest BCUT2D eigenvalue weighted by Gasteiger charge is -2.28. The van der Waals surface area contributed by atoms with Crippen molar-refractivity contribution in [3.05, 3.63) is 47.0 Å². The number of amides is 2. The number of sulfonamides is 1. The van der Waals surface area contributed by atoms with E-state index in [-0.39, 0.29) is 47.7 Å². The van der Waals surface area contributed by atoms with Gasteiger partial charge in [0.2, 0.25) is 21.8 Å². The number of likely N-dealkylation sites (tertiary alicyclic amines) is 2. The first kappa shape index (κ1) is 28.0. The summed E-state index contributed by atoms with van der Waals surface area (Å²) >= 11 is 0. The van der Waals surface area contributed by atoms with Crippen molar-refractivity contribution in [1.29, 1.82) is 0 Å². The van der Waals surface area contributed by atoms with Gasteiger partial charge in [-0.3, -0.25) is 14.5 Å². The lowest BCUT2D eigenvalue weighted by molar-refractivity contribution is -0.131. The average molecular weight is 558 g/mol. The van der Waals surface area contributed by atoms with Gasteiger partial charge in [0.25, 0.3) is 0 Å². The first-order valence-electron chi connectivity index (χ1n) is 12.7. The summed E-state index contributed by atoms with van der Waals surface area (Å²) in [6.07, 6.45) is 5.86. The Morgan fingerprint density at radius 2 is 1.68 bits per heavy atom. The number of hydrogen-bond acceptors (Lipinski definition) is 5. The van der Waals surface area contributed by atoms with Crippen molar-refractivity contribution in [2.45, 2.75) is 45.2 Å². The van der Waals surface area contributed by atoms with Crippen LogP contribution in [0, 0.1) is 35.3 Å². The third-order valence-electron chi connectivity index (χ3n) is 8.48. The molecule has 4 aliphatic rings. The zero-order valence-corrected chi connectivity index (χ0v) is 22.9. The number of hydrogen-bond donors (Lipinski definition) is 0. The van der Waals surface area contributed by atoms with Crippen molar-refractivity contribution in [3.8, 4) is 0 Å². The van der Waals surface area contributed by atoms with Crippen LogP contribution in [-0.4, -0.2) is 78.9 Å². The Kier molecular flexibility index (Phi) is 7.76. The SMILES string of the molecule is CC(C)[C@H]1C(=O)N(S(C)(=O)=O)[C@H]2CCN(C(=O)/C=C/CN3C[C@H]4Cc5c(F)ccc(F)c5C[C@@H]4C3)[C@H]12.Cl. The molecule has 0 saturated carbocycles. The first-order valence-corrected chi connectivity index (χ1v) is 14.5. The molecule has 0 unspecified atom stereocenters. The van der Waals surface area contributed by atoms with Crippen LogP contribution < -0.4 is 0 Å². The predicted octanol–water partition coefficient (Wildman–Crippen LogP) is 2.63. The summed E-state index contributed by atoms with van der Waals surface area (Å²) in [5.74, 6) is -1.43. The van der Waals surface area contributed by atoms with Crippen molar-refractivity contribution >= 4 is 34.2 Å². The van der Waals surface area contributed by atoms with Crippen LogP contribution in [0.5, 0.6) is 0 Å². The van der Waals surface area contributed by atoms with Gasteiger partial charge in [-0.25, -0.2) is 21.5 Å². The molecule has 3 fully saturated rings. The summed E-state index contributed by atoms with van der Waals surface area (Å²) in [5, 5.41) is 0. The van der Waals surface area contributed by atoms with Crippen molar-refractivity contribution in [1.82, 2.24) is 14.1 Å². The van der Waals surface area contributed by atoms with E-state index >= 15 is 0 Å². The average Bonchev–Trinajstić information content (AvgIpc) is 3.45. The fourth-order valence-electron chi connectivity index (χ4n) is 6.94. The molecule has 0 aromatic heterocycles. The molecule has 5 atom stereocenters. The van der Waals surface area contributed by atoms with E-state index in [2.05, 4.69) is 4.90 Å². The van der Waals surface area contributed by atoms with Gasteiger partial charge < -0.3 is 4.90 Å². The highest BCUT2D eigenvalue weighted by molar-refractivity contribution is 7.88. The molecule has 3 heterocycles. The second kappa shape index (κ2) is 10.3. The lowest BCUT2D eigenvalue weighted by Crippen LogP contribution is -2.43. The largest absolute Gasteiger partial charge is 0.333 e. The van der Waals surface area contributed by atoms with Gasteiger partial charge in [0.15, 0.2) is 0 Å². The number of fused-ring (bicyclic) bond motifs is 3. The molecule has 1 aromatic carbocycles. The first-order chi connectivity index (χ1) is 17.0. The molecule has 3 saturated heterocycles. The zero-order valence-electron chi connectivity index (χ0n) is 21.3. The van der Waals surface area contributed by atoms with E-state index in [1.165, 1.54) is 18.2 Å². The number of carbonyl (C=O) groups is 2. The number of carbonyl (C=O) groups excluding carboxylic acids is 2. The molecule has 37 heavy (non-hydrogen) atoms. The normalized spacial score (nSPS) is 29.6. The molecule has 1 aromatic rings. The number of rotatable bonds is 5. The minimum absolute atomic E-state index is 0. The molecule has 11 heteroatoms. The molecule has 3 aliphatic heterocycles.